The van der Waals surface area contributed by atoms with Crippen LogP contribution in [0.1, 0.15) is 18.4 Å². The van der Waals surface area contributed by atoms with E-state index in [0.29, 0.717) is 22.4 Å². The van der Waals surface area contributed by atoms with Gasteiger partial charge in [-0.2, -0.15) is 5.26 Å². The number of nitriles is 1. The Hall–Kier alpha value is -1.31. The summed E-state index contributed by atoms with van der Waals surface area (Å²) in [4.78, 5) is 8.74. The minimum absolute atomic E-state index is 0.445. The summed E-state index contributed by atoms with van der Waals surface area (Å²) in [5.74, 6) is 0.713. The number of halogens is 1. The van der Waals surface area contributed by atoms with Gasteiger partial charge in [-0.3, -0.25) is 0 Å². The molecule has 0 aromatic carbocycles. The smallest absolute Gasteiger partial charge is 0.148 e. The Morgan fingerprint density at radius 3 is 2.78 bits per heavy atom. The Morgan fingerprint density at radius 2 is 2.17 bits per heavy atom. The number of anilines is 1. The first-order valence-corrected chi connectivity index (χ1v) is 6.47. The van der Waals surface area contributed by atoms with Crippen molar-refractivity contribution in [3.8, 4) is 6.07 Å². The summed E-state index contributed by atoms with van der Waals surface area (Å²) in [7, 11) is 4.14. The van der Waals surface area contributed by atoms with Crippen molar-refractivity contribution >= 4 is 17.4 Å². The molecule has 5 heteroatoms. The van der Waals surface area contributed by atoms with Gasteiger partial charge in [-0.05, 0) is 39.0 Å². The van der Waals surface area contributed by atoms with Gasteiger partial charge in [0.25, 0.3) is 0 Å². The molecule has 1 aromatic rings. The maximum Gasteiger partial charge on any atom is 0.148 e. The number of aromatic nitrogens is 1. The second kappa shape index (κ2) is 5.55. The van der Waals surface area contributed by atoms with Crippen LogP contribution >= 0.6 is 11.6 Å². The monoisotopic (exact) mass is 264 g/mol. The second-order valence-corrected chi connectivity index (χ2v) is 5.13. The molecule has 2 heterocycles. The summed E-state index contributed by atoms with van der Waals surface area (Å²) in [6.45, 7) is 2.18. The summed E-state index contributed by atoms with van der Waals surface area (Å²) in [5, 5.41) is 9.44. The van der Waals surface area contributed by atoms with E-state index in [1.807, 2.05) is 7.05 Å². The predicted octanol–water partition coefficient (Wildman–Crippen LogP) is 2.14. The van der Waals surface area contributed by atoms with Gasteiger partial charge in [-0.15, -0.1) is 0 Å². The largest absolute Gasteiger partial charge is 0.355 e. The highest BCUT2D eigenvalue weighted by atomic mass is 35.5. The summed E-state index contributed by atoms with van der Waals surface area (Å²) in [6.07, 6.45) is 3.84. The van der Waals surface area contributed by atoms with Gasteiger partial charge in [0.05, 0.1) is 5.56 Å². The van der Waals surface area contributed by atoms with E-state index < -0.39 is 0 Å². The van der Waals surface area contributed by atoms with Gasteiger partial charge >= 0.3 is 0 Å². The van der Waals surface area contributed by atoms with E-state index in [1.54, 1.807) is 12.3 Å². The number of pyridine rings is 1. The third-order valence-corrected chi connectivity index (χ3v) is 3.93. The van der Waals surface area contributed by atoms with Crippen LogP contribution in [0, 0.1) is 11.3 Å². The molecule has 0 aliphatic carbocycles. The number of nitrogens with zero attached hydrogens (tertiary/aromatic N) is 4. The number of hydrogen-bond donors (Lipinski definition) is 0. The van der Waals surface area contributed by atoms with Crippen LogP contribution in [0.3, 0.4) is 0 Å². The van der Waals surface area contributed by atoms with Crippen LogP contribution in [0.4, 0.5) is 5.82 Å². The lowest BCUT2D eigenvalue weighted by molar-refractivity contribution is 0.252. The molecule has 1 fully saturated rings. The molecule has 0 atom stereocenters. The van der Waals surface area contributed by atoms with Gasteiger partial charge in [0.15, 0.2) is 0 Å². The lowest BCUT2D eigenvalue weighted by Crippen LogP contribution is -2.42. The fourth-order valence-corrected chi connectivity index (χ4v) is 2.61. The number of rotatable bonds is 2. The molecular weight excluding hydrogens is 248 g/mol. The van der Waals surface area contributed by atoms with Gasteiger partial charge in [0.2, 0.25) is 0 Å². The standard InChI is InChI=1S/C13H17ClN4/c1-17-7-4-11(5-8-17)18(2)13-12(14)10(9-15)3-6-16-13/h3,6,11H,4-5,7-8H2,1-2H3. The maximum absolute atomic E-state index is 8.98. The summed E-state index contributed by atoms with van der Waals surface area (Å²) < 4.78 is 0. The zero-order chi connectivity index (χ0) is 13.1. The molecule has 96 valence electrons. The maximum atomic E-state index is 8.98. The molecule has 2 rings (SSSR count). The lowest BCUT2D eigenvalue weighted by atomic mass is 10.0. The van der Waals surface area contributed by atoms with Crippen molar-refractivity contribution in [1.82, 2.24) is 9.88 Å². The first-order chi connectivity index (χ1) is 8.63. The van der Waals surface area contributed by atoms with E-state index in [-0.39, 0.29) is 0 Å². The minimum Gasteiger partial charge on any atom is -0.355 e. The summed E-state index contributed by atoms with van der Waals surface area (Å²) in [6, 6.07) is 4.19. The van der Waals surface area contributed by atoms with Crippen LogP contribution in [0.15, 0.2) is 12.3 Å². The Morgan fingerprint density at radius 1 is 1.50 bits per heavy atom. The molecule has 1 aliphatic rings. The second-order valence-electron chi connectivity index (χ2n) is 4.75. The van der Waals surface area contributed by atoms with Crippen LogP contribution in [0.5, 0.6) is 0 Å². The van der Waals surface area contributed by atoms with Gasteiger partial charge in [-0.1, -0.05) is 11.6 Å². The van der Waals surface area contributed by atoms with Crippen molar-refractivity contribution in [1.29, 1.82) is 5.26 Å². The molecule has 0 amide bonds. The predicted molar refractivity (Wildman–Crippen MR) is 72.9 cm³/mol. The Kier molecular flexibility index (Phi) is 4.05. The third kappa shape index (κ3) is 2.58. The van der Waals surface area contributed by atoms with Crippen molar-refractivity contribution < 1.29 is 0 Å². The molecule has 0 saturated carbocycles. The fraction of sp³-hybridized carbons (Fsp3) is 0.538. The van der Waals surface area contributed by atoms with Crippen LogP contribution in [-0.4, -0.2) is 43.1 Å². The van der Waals surface area contributed by atoms with E-state index in [4.69, 9.17) is 16.9 Å². The lowest BCUT2D eigenvalue weighted by Gasteiger charge is -2.36. The highest BCUT2D eigenvalue weighted by Gasteiger charge is 2.23. The van der Waals surface area contributed by atoms with E-state index in [9.17, 15) is 0 Å². The summed E-state index contributed by atoms with van der Waals surface area (Å²) in [5.41, 5.74) is 0.487. The molecule has 1 aliphatic heterocycles. The van der Waals surface area contributed by atoms with E-state index in [2.05, 4.69) is 27.9 Å². The molecule has 18 heavy (non-hydrogen) atoms. The molecule has 0 spiro atoms. The van der Waals surface area contributed by atoms with E-state index >= 15 is 0 Å². The highest BCUT2D eigenvalue weighted by Crippen LogP contribution is 2.29. The van der Waals surface area contributed by atoms with Crippen molar-refractivity contribution in [3.05, 3.63) is 22.8 Å². The number of piperidine rings is 1. The minimum atomic E-state index is 0.445. The van der Waals surface area contributed by atoms with Crippen LogP contribution in [0.2, 0.25) is 5.02 Å². The molecule has 0 radical (unpaired) electrons. The fourth-order valence-electron chi connectivity index (χ4n) is 2.32. The van der Waals surface area contributed by atoms with E-state index in [1.165, 1.54) is 0 Å². The normalized spacial score (nSPS) is 17.4. The molecule has 0 bridgehead atoms. The van der Waals surface area contributed by atoms with Gasteiger partial charge in [-0.25, -0.2) is 4.98 Å². The SMILES string of the molecule is CN1CCC(N(C)c2nccc(C#N)c2Cl)CC1. The molecular formula is C13H17ClN4. The van der Waals surface area contributed by atoms with E-state index in [0.717, 1.165) is 25.9 Å². The zero-order valence-electron chi connectivity index (χ0n) is 10.7. The zero-order valence-corrected chi connectivity index (χ0v) is 11.5. The first-order valence-electron chi connectivity index (χ1n) is 6.09. The molecule has 1 aromatic heterocycles. The molecule has 4 nitrogen and oxygen atoms in total. The quantitative estimate of drug-likeness (QED) is 0.821. The van der Waals surface area contributed by atoms with Crippen molar-refractivity contribution in [3.63, 3.8) is 0 Å². The van der Waals surface area contributed by atoms with Gasteiger partial charge < -0.3 is 9.80 Å². The molecule has 0 N–H and O–H groups in total. The Balaban J connectivity index is 2.19. The topological polar surface area (TPSA) is 43.2 Å². The van der Waals surface area contributed by atoms with Crippen LogP contribution in [-0.2, 0) is 0 Å². The number of hydrogen-bond acceptors (Lipinski definition) is 4. The first kappa shape index (κ1) is 13.1. The number of likely N-dealkylation sites (tertiary alicyclic amines) is 1. The highest BCUT2D eigenvalue weighted by molar-refractivity contribution is 6.34. The molecule has 0 unspecified atom stereocenters. The van der Waals surface area contributed by atoms with Gasteiger partial charge in [0, 0.05) is 19.3 Å². The average molecular weight is 265 g/mol. The Bertz CT molecular complexity index is 461. The van der Waals surface area contributed by atoms with Gasteiger partial charge in [0.1, 0.15) is 16.9 Å². The third-order valence-electron chi connectivity index (χ3n) is 3.56. The van der Waals surface area contributed by atoms with Crippen molar-refractivity contribution in [2.75, 3.05) is 32.1 Å². The van der Waals surface area contributed by atoms with Crippen LogP contribution in [0.25, 0.3) is 0 Å². The van der Waals surface area contributed by atoms with Crippen molar-refractivity contribution in [2.45, 2.75) is 18.9 Å². The van der Waals surface area contributed by atoms with Crippen molar-refractivity contribution in [2.24, 2.45) is 0 Å². The average Bonchev–Trinajstić information content (AvgIpc) is 2.39. The molecule has 1 saturated heterocycles. The Labute approximate surface area is 113 Å². The van der Waals surface area contributed by atoms with Crippen LogP contribution < -0.4 is 4.90 Å². The summed E-state index contributed by atoms with van der Waals surface area (Å²) >= 11 is 6.21.